The molecule has 2 aromatic rings. The number of benzene rings is 2. The lowest BCUT2D eigenvalue weighted by Gasteiger charge is -2.33. The van der Waals surface area contributed by atoms with E-state index in [0.29, 0.717) is 6.42 Å². The van der Waals surface area contributed by atoms with Crippen LogP contribution in [-0.4, -0.2) is 49.7 Å². The van der Waals surface area contributed by atoms with Crippen LogP contribution >= 0.6 is 0 Å². The highest BCUT2D eigenvalue weighted by atomic mass is 32.2. The predicted molar refractivity (Wildman–Crippen MR) is 124 cm³/mol. The SMILES string of the molecule is CC(=O)N[C@@H](Cc1ccccc1C)C(=O)NC1CCN(S(=O)(=O)c2ccccc2C(F)(F)F)CC1. The standard InChI is InChI=1S/C24H28F3N3O4S/c1-16-7-3-4-8-18(16)15-21(28-17(2)31)23(32)29-19-11-13-30(14-12-19)35(33,34)22-10-6-5-9-20(22)24(25,26)27/h3-10,19,21H,11-15H2,1-2H3,(H,28,31)(H,29,32)/t21-/m0/s1. The Morgan fingerprint density at radius 2 is 1.66 bits per heavy atom. The fourth-order valence-corrected chi connectivity index (χ4v) is 5.80. The molecule has 3 rings (SSSR count). The molecule has 0 radical (unpaired) electrons. The zero-order valence-corrected chi connectivity index (χ0v) is 20.2. The van der Waals surface area contributed by atoms with Gasteiger partial charge in [0.1, 0.15) is 6.04 Å². The van der Waals surface area contributed by atoms with Crippen molar-refractivity contribution in [3.8, 4) is 0 Å². The van der Waals surface area contributed by atoms with Crippen LogP contribution in [0.4, 0.5) is 13.2 Å². The number of aryl methyl sites for hydroxylation is 1. The summed E-state index contributed by atoms with van der Waals surface area (Å²) in [5.74, 6) is -0.754. The van der Waals surface area contributed by atoms with Crippen molar-refractivity contribution in [1.82, 2.24) is 14.9 Å². The monoisotopic (exact) mass is 511 g/mol. The maximum atomic E-state index is 13.3. The third-order valence-electron chi connectivity index (χ3n) is 5.99. The number of piperidine rings is 1. The molecule has 1 aliphatic rings. The van der Waals surface area contributed by atoms with Crippen molar-refractivity contribution in [3.63, 3.8) is 0 Å². The first kappa shape index (κ1) is 26.7. The van der Waals surface area contributed by atoms with Crippen LogP contribution < -0.4 is 10.6 Å². The maximum Gasteiger partial charge on any atom is 0.417 e. The molecule has 0 unspecified atom stereocenters. The highest BCUT2D eigenvalue weighted by Gasteiger charge is 2.39. The van der Waals surface area contributed by atoms with Crippen molar-refractivity contribution in [2.45, 2.75) is 56.3 Å². The Bertz CT molecular complexity index is 1180. The van der Waals surface area contributed by atoms with Crippen LogP contribution in [0.3, 0.4) is 0 Å². The third kappa shape index (κ3) is 6.61. The summed E-state index contributed by atoms with van der Waals surface area (Å²) in [5, 5.41) is 5.51. The fourth-order valence-electron chi connectivity index (χ4n) is 4.12. The number of nitrogens with zero attached hydrogens (tertiary/aromatic N) is 1. The van der Waals surface area contributed by atoms with Gasteiger partial charge in [-0.3, -0.25) is 9.59 Å². The molecule has 1 heterocycles. The molecule has 1 fully saturated rings. The van der Waals surface area contributed by atoms with Gasteiger partial charge in [-0.2, -0.15) is 17.5 Å². The van der Waals surface area contributed by atoms with Crippen LogP contribution in [0.5, 0.6) is 0 Å². The minimum Gasteiger partial charge on any atom is -0.351 e. The average molecular weight is 512 g/mol. The molecule has 0 aliphatic carbocycles. The summed E-state index contributed by atoms with van der Waals surface area (Å²) >= 11 is 0. The smallest absolute Gasteiger partial charge is 0.351 e. The normalized spacial score (nSPS) is 16.5. The van der Waals surface area contributed by atoms with Gasteiger partial charge in [-0.25, -0.2) is 8.42 Å². The summed E-state index contributed by atoms with van der Waals surface area (Å²) in [7, 11) is -4.36. The molecule has 11 heteroatoms. The van der Waals surface area contributed by atoms with E-state index in [9.17, 15) is 31.2 Å². The number of halogens is 3. The lowest BCUT2D eigenvalue weighted by atomic mass is 9.99. The molecule has 2 aromatic carbocycles. The molecule has 35 heavy (non-hydrogen) atoms. The summed E-state index contributed by atoms with van der Waals surface area (Å²) in [6, 6.07) is 10.4. The first-order chi connectivity index (χ1) is 16.4. The topological polar surface area (TPSA) is 95.6 Å². The number of sulfonamides is 1. The minimum atomic E-state index is -4.80. The van der Waals surface area contributed by atoms with Gasteiger partial charge in [-0.1, -0.05) is 36.4 Å². The van der Waals surface area contributed by atoms with E-state index in [1.807, 2.05) is 31.2 Å². The first-order valence-electron chi connectivity index (χ1n) is 11.2. The average Bonchev–Trinajstić information content (AvgIpc) is 2.79. The summed E-state index contributed by atoms with van der Waals surface area (Å²) in [5.41, 5.74) is 0.684. The van der Waals surface area contributed by atoms with Crippen LogP contribution in [0, 0.1) is 6.92 Å². The van der Waals surface area contributed by atoms with Gasteiger partial charge in [-0.05, 0) is 43.0 Å². The summed E-state index contributed by atoms with van der Waals surface area (Å²) in [6.07, 6.45) is -4.04. The molecule has 0 aromatic heterocycles. The summed E-state index contributed by atoms with van der Waals surface area (Å²) in [4.78, 5) is 23.8. The van der Waals surface area contributed by atoms with Gasteiger partial charge >= 0.3 is 6.18 Å². The Hall–Kier alpha value is -2.92. The second kappa shape index (κ2) is 10.8. The summed E-state index contributed by atoms with van der Waals surface area (Å²) < 4.78 is 66.9. The Balaban J connectivity index is 1.66. The van der Waals surface area contributed by atoms with E-state index in [2.05, 4.69) is 10.6 Å². The van der Waals surface area contributed by atoms with E-state index >= 15 is 0 Å². The number of nitrogens with one attached hydrogen (secondary N) is 2. The first-order valence-corrected chi connectivity index (χ1v) is 12.6. The van der Waals surface area contributed by atoms with E-state index in [1.54, 1.807) is 0 Å². The number of hydrogen-bond acceptors (Lipinski definition) is 4. The molecule has 0 spiro atoms. The number of hydrogen-bond donors (Lipinski definition) is 2. The van der Waals surface area contributed by atoms with Gasteiger partial charge in [-0.15, -0.1) is 0 Å². The molecular formula is C24H28F3N3O4S. The van der Waals surface area contributed by atoms with Gasteiger partial charge in [0, 0.05) is 32.5 Å². The Labute approximate surface area is 202 Å². The van der Waals surface area contributed by atoms with Gasteiger partial charge < -0.3 is 10.6 Å². The van der Waals surface area contributed by atoms with Crippen LogP contribution in [-0.2, 0) is 32.2 Å². The molecule has 2 N–H and O–H groups in total. The van der Waals surface area contributed by atoms with E-state index in [0.717, 1.165) is 33.6 Å². The highest BCUT2D eigenvalue weighted by Crippen LogP contribution is 2.35. The number of alkyl halides is 3. The molecule has 1 saturated heterocycles. The molecule has 2 amide bonds. The van der Waals surface area contributed by atoms with Gasteiger partial charge in [0.15, 0.2) is 0 Å². The number of rotatable bonds is 7. The van der Waals surface area contributed by atoms with E-state index < -0.39 is 38.6 Å². The maximum absolute atomic E-state index is 13.3. The lowest BCUT2D eigenvalue weighted by Crippen LogP contribution is -2.53. The molecule has 1 aliphatic heterocycles. The zero-order chi connectivity index (χ0) is 25.8. The fraction of sp³-hybridized carbons (Fsp3) is 0.417. The van der Waals surface area contributed by atoms with E-state index in [-0.39, 0.29) is 37.9 Å². The number of amides is 2. The third-order valence-corrected chi connectivity index (χ3v) is 7.95. The number of carbonyl (C=O) groups is 2. The van der Waals surface area contributed by atoms with Crippen molar-refractivity contribution >= 4 is 21.8 Å². The quantitative estimate of drug-likeness (QED) is 0.598. The van der Waals surface area contributed by atoms with E-state index in [4.69, 9.17) is 0 Å². The molecule has 1 atom stereocenters. The molecule has 0 saturated carbocycles. The van der Waals surface area contributed by atoms with Crippen LogP contribution in [0.15, 0.2) is 53.4 Å². The van der Waals surface area contributed by atoms with Crippen molar-refractivity contribution in [3.05, 3.63) is 65.2 Å². The van der Waals surface area contributed by atoms with Crippen LogP contribution in [0.1, 0.15) is 36.5 Å². The van der Waals surface area contributed by atoms with Crippen LogP contribution in [0.2, 0.25) is 0 Å². The number of carbonyl (C=O) groups excluding carboxylic acids is 2. The predicted octanol–water partition coefficient (Wildman–Crippen LogP) is 3.03. The molecular weight excluding hydrogens is 483 g/mol. The summed E-state index contributed by atoms with van der Waals surface area (Å²) in [6.45, 7) is 3.15. The lowest BCUT2D eigenvalue weighted by molar-refractivity contribution is -0.140. The largest absolute Gasteiger partial charge is 0.417 e. The molecule has 190 valence electrons. The molecule has 0 bridgehead atoms. The highest BCUT2D eigenvalue weighted by molar-refractivity contribution is 7.89. The van der Waals surface area contributed by atoms with Gasteiger partial charge in [0.2, 0.25) is 21.8 Å². The van der Waals surface area contributed by atoms with Crippen molar-refractivity contribution in [2.24, 2.45) is 0 Å². The van der Waals surface area contributed by atoms with Crippen molar-refractivity contribution in [2.75, 3.05) is 13.1 Å². The Kier molecular flexibility index (Phi) is 8.22. The van der Waals surface area contributed by atoms with E-state index in [1.165, 1.54) is 13.0 Å². The van der Waals surface area contributed by atoms with Gasteiger partial charge in [0.05, 0.1) is 10.5 Å². The molecule has 7 nitrogen and oxygen atoms in total. The second-order valence-corrected chi connectivity index (χ2v) is 10.5. The van der Waals surface area contributed by atoms with Gasteiger partial charge in [0.25, 0.3) is 0 Å². The van der Waals surface area contributed by atoms with Crippen molar-refractivity contribution < 1.29 is 31.2 Å². The zero-order valence-electron chi connectivity index (χ0n) is 19.4. The Morgan fingerprint density at radius 1 is 1.06 bits per heavy atom. The van der Waals surface area contributed by atoms with Crippen LogP contribution in [0.25, 0.3) is 0 Å². The Morgan fingerprint density at radius 3 is 2.26 bits per heavy atom. The second-order valence-electron chi connectivity index (χ2n) is 8.56. The van der Waals surface area contributed by atoms with Crippen molar-refractivity contribution in [1.29, 1.82) is 0 Å². The minimum absolute atomic E-state index is 0.0396.